The fraction of sp³-hybridized carbons (Fsp3) is 0.222. The second-order valence-electron chi connectivity index (χ2n) is 2.46. The lowest BCUT2D eigenvalue weighted by atomic mass is 10.2. The van der Waals surface area contributed by atoms with Gasteiger partial charge in [0.05, 0.1) is 17.7 Å². The molecular weight excluding hydrogens is 200 g/mol. The molecule has 0 radical (unpaired) electrons. The zero-order valence-electron chi connectivity index (χ0n) is 7.53. The minimum absolute atomic E-state index is 0.223. The topological polar surface area (TPSA) is 65.9 Å². The van der Waals surface area contributed by atoms with Gasteiger partial charge >= 0.3 is 5.97 Å². The number of nitriles is 1. The van der Waals surface area contributed by atoms with Gasteiger partial charge in [-0.05, 0) is 13.0 Å². The van der Waals surface area contributed by atoms with Gasteiger partial charge < -0.3 is 9.72 Å². The van der Waals surface area contributed by atoms with Crippen molar-refractivity contribution in [1.82, 2.24) is 4.98 Å². The Labute approximate surface area is 86.1 Å². The molecule has 14 heavy (non-hydrogen) atoms. The molecule has 0 fully saturated rings. The van der Waals surface area contributed by atoms with Crippen molar-refractivity contribution < 1.29 is 9.53 Å². The van der Waals surface area contributed by atoms with Crippen LogP contribution >= 0.6 is 12.2 Å². The monoisotopic (exact) mass is 208 g/mol. The third-order valence-electron chi connectivity index (χ3n) is 1.53. The van der Waals surface area contributed by atoms with Crippen LogP contribution in [0.2, 0.25) is 0 Å². The molecule has 0 saturated heterocycles. The van der Waals surface area contributed by atoms with E-state index in [1.54, 1.807) is 6.92 Å². The SMILES string of the molecule is CCOC(=O)c1cc(C#N)c[nH]c1=S. The van der Waals surface area contributed by atoms with Crippen molar-refractivity contribution in [3.63, 3.8) is 0 Å². The molecule has 0 amide bonds. The normalized spacial score (nSPS) is 9.14. The van der Waals surface area contributed by atoms with E-state index in [0.717, 1.165) is 0 Å². The van der Waals surface area contributed by atoms with Crippen LogP contribution in [0.15, 0.2) is 12.3 Å². The van der Waals surface area contributed by atoms with Crippen LogP contribution in [0.4, 0.5) is 0 Å². The summed E-state index contributed by atoms with van der Waals surface area (Å²) in [5, 5.41) is 8.61. The number of H-pyrrole nitrogens is 1. The van der Waals surface area contributed by atoms with Gasteiger partial charge in [0, 0.05) is 6.20 Å². The molecule has 0 aliphatic carbocycles. The summed E-state index contributed by atoms with van der Waals surface area (Å²) in [5.74, 6) is -0.508. The molecule has 1 heterocycles. The molecule has 0 aliphatic heterocycles. The highest BCUT2D eigenvalue weighted by Crippen LogP contribution is 2.06. The van der Waals surface area contributed by atoms with Crippen molar-refractivity contribution in [2.24, 2.45) is 0 Å². The van der Waals surface area contributed by atoms with Crippen LogP contribution in [0.3, 0.4) is 0 Å². The first-order valence-corrected chi connectivity index (χ1v) is 4.39. The number of ether oxygens (including phenoxy) is 1. The maximum atomic E-state index is 11.3. The summed E-state index contributed by atoms with van der Waals surface area (Å²) in [6, 6.07) is 3.32. The quantitative estimate of drug-likeness (QED) is 0.594. The Kier molecular flexibility index (Phi) is 3.37. The number of aromatic amines is 1. The molecule has 0 aliphatic rings. The van der Waals surface area contributed by atoms with Crippen molar-refractivity contribution >= 4 is 18.2 Å². The van der Waals surface area contributed by atoms with Crippen molar-refractivity contribution in [2.75, 3.05) is 6.61 Å². The molecule has 0 bridgehead atoms. The van der Waals surface area contributed by atoms with Crippen molar-refractivity contribution in [2.45, 2.75) is 6.92 Å². The average Bonchev–Trinajstić information content (AvgIpc) is 2.19. The highest BCUT2D eigenvalue weighted by Gasteiger charge is 2.09. The largest absolute Gasteiger partial charge is 0.462 e. The Hall–Kier alpha value is -1.67. The van der Waals surface area contributed by atoms with Gasteiger partial charge in [-0.2, -0.15) is 5.26 Å². The van der Waals surface area contributed by atoms with E-state index in [9.17, 15) is 4.79 Å². The third-order valence-corrected chi connectivity index (χ3v) is 1.87. The number of hydrogen-bond acceptors (Lipinski definition) is 4. The molecular formula is C9H8N2O2S. The Morgan fingerprint density at radius 1 is 1.79 bits per heavy atom. The van der Waals surface area contributed by atoms with E-state index in [1.165, 1.54) is 12.3 Å². The zero-order chi connectivity index (χ0) is 10.6. The molecule has 0 aromatic carbocycles. The average molecular weight is 208 g/mol. The van der Waals surface area contributed by atoms with Gasteiger partial charge in [0.25, 0.3) is 0 Å². The second kappa shape index (κ2) is 4.53. The van der Waals surface area contributed by atoms with Crippen LogP contribution in [-0.2, 0) is 4.74 Å². The number of nitrogens with one attached hydrogen (secondary N) is 1. The lowest BCUT2D eigenvalue weighted by Crippen LogP contribution is -2.06. The number of hydrogen-bond donors (Lipinski definition) is 1. The molecule has 1 aromatic rings. The van der Waals surface area contributed by atoms with Gasteiger partial charge in [-0.15, -0.1) is 0 Å². The van der Waals surface area contributed by atoms with Crippen molar-refractivity contribution in [1.29, 1.82) is 5.26 Å². The number of carbonyl (C=O) groups excluding carboxylic acids is 1. The maximum Gasteiger partial charge on any atom is 0.341 e. The van der Waals surface area contributed by atoms with Gasteiger partial charge in [0.15, 0.2) is 0 Å². The lowest BCUT2D eigenvalue weighted by Gasteiger charge is -2.01. The Morgan fingerprint density at radius 2 is 2.50 bits per heavy atom. The summed E-state index contributed by atoms with van der Waals surface area (Å²) in [6.45, 7) is 1.99. The molecule has 72 valence electrons. The number of rotatable bonds is 2. The van der Waals surface area contributed by atoms with Crippen LogP contribution in [0.25, 0.3) is 0 Å². The third kappa shape index (κ3) is 2.18. The van der Waals surface area contributed by atoms with Gasteiger partial charge in [-0.25, -0.2) is 4.79 Å². The fourth-order valence-corrected chi connectivity index (χ4v) is 1.11. The van der Waals surface area contributed by atoms with E-state index < -0.39 is 5.97 Å². The standard InChI is InChI=1S/C9H8N2O2S/c1-2-13-9(12)7-3-6(4-10)5-11-8(7)14/h3,5H,2H2,1H3,(H,11,14). The number of pyridine rings is 1. The van der Waals surface area contributed by atoms with Crippen LogP contribution in [0.5, 0.6) is 0 Å². The Balaban J connectivity index is 3.14. The number of esters is 1. The highest BCUT2D eigenvalue weighted by atomic mass is 32.1. The second-order valence-corrected chi connectivity index (χ2v) is 2.87. The van der Waals surface area contributed by atoms with E-state index in [0.29, 0.717) is 5.56 Å². The fourth-order valence-electron chi connectivity index (χ4n) is 0.909. The minimum Gasteiger partial charge on any atom is -0.462 e. The summed E-state index contributed by atoms with van der Waals surface area (Å²) < 4.78 is 5.05. The van der Waals surface area contributed by atoms with Gasteiger partial charge in [0.1, 0.15) is 10.7 Å². The van der Waals surface area contributed by atoms with E-state index in [2.05, 4.69) is 4.98 Å². The van der Waals surface area contributed by atoms with E-state index in [-0.39, 0.29) is 16.8 Å². The summed E-state index contributed by atoms with van der Waals surface area (Å²) in [6.07, 6.45) is 1.45. The lowest BCUT2D eigenvalue weighted by molar-refractivity contribution is 0.0525. The molecule has 0 spiro atoms. The van der Waals surface area contributed by atoms with Crippen molar-refractivity contribution in [3.8, 4) is 6.07 Å². The minimum atomic E-state index is -0.508. The zero-order valence-corrected chi connectivity index (χ0v) is 8.35. The molecule has 1 N–H and O–H groups in total. The molecule has 1 aromatic heterocycles. The van der Waals surface area contributed by atoms with E-state index in [4.69, 9.17) is 22.2 Å². The smallest absolute Gasteiger partial charge is 0.341 e. The Bertz CT molecular complexity index is 445. The predicted molar refractivity (Wildman–Crippen MR) is 52.3 cm³/mol. The summed E-state index contributed by atoms with van der Waals surface area (Å²) >= 11 is 4.88. The van der Waals surface area contributed by atoms with E-state index >= 15 is 0 Å². The summed E-state index contributed by atoms with van der Waals surface area (Å²) in [7, 11) is 0. The van der Waals surface area contributed by atoms with Gasteiger partial charge in [-0.3, -0.25) is 0 Å². The first kappa shape index (κ1) is 10.4. The van der Waals surface area contributed by atoms with Gasteiger partial charge in [0.2, 0.25) is 0 Å². The molecule has 0 unspecified atom stereocenters. The maximum absolute atomic E-state index is 11.3. The van der Waals surface area contributed by atoms with Gasteiger partial charge in [-0.1, -0.05) is 12.2 Å². The highest BCUT2D eigenvalue weighted by molar-refractivity contribution is 7.71. The summed E-state index contributed by atoms with van der Waals surface area (Å²) in [4.78, 5) is 14.0. The Morgan fingerprint density at radius 3 is 3.07 bits per heavy atom. The summed E-state index contributed by atoms with van der Waals surface area (Å²) in [5.41, 5.74) is 0.572. The van der Waals surface area contributed by atoms with E-state index in [1.807, 2.05) is 6.07 Å². The number of aromatic nitrogens is 1. The van der Waals surface area contributed by atoms with Crippen LogP contribution in [0, 0.1) is 16.0 Å². The number of nitrogens with zero attached hydrogens (tertiary/aromatic N) is 1. The van der Waals surface area contributed by atoms with Crippen LogP contribution < -0.4 is 0 Å². The van der Waals surface area contributed by atoms with Crippen LogP contribution in [0.1, 0.15) is 22.8 Å². The molecule has 0 saturated carbocycles. The molecule has 4 nitrogen and oxygen atoms in total. The predicted octanol–water partition coefficient (Wildman–Crippen LogP) is 1.79. The number of carbonyl (C=O) groups is 1. The van der Waals surface area contributed by atoms with Crippen molar-refractivity contribution in [3.05, 3.63) is 28.0 Å². The molecule has 5 heteroatoms. The molecule has 0 atom stereocenters. The van der Waals surface area contributed by atoms with Crippen LogP contribution in [-0.4, -0.2) is 17.6 Å². The molecule has 1 rings (SSSR count). The first-order valence-electron chi connectivity index (χ1n) is 3.99. The first-order chi connectivity index (χ1) is 6.69.